The smallest absolute Gasteiger partial charge is 0.416 e. The summed E-state index contributed by atoms with van der Waals surface area (Å²) in [6, 6.07) is 5.83. The number of amides is 1. The molecule has 0 saturated heterocycles. The van der Waals surface area contributed by atoms with E-state index in [2.05, 4.69) is 10.1 Å². The zero-order valence-electron chi connectivity index (χ0n) is 15.3. The van der Waals surface area contributed by atoms with Crippen molar-refractivity contribution in [2.45, 2.75) is 19.2 Å². The molecule has 0 aliphatic heterocycles. The van der Waals surface area contributed by atoms with Crippen LogP contribution in [0.1, 0.15) is 21.5 Å². The van der Waals surface area contributed by atoms with Gasteiger partial charge in [0.05, 0.1) is 23.7 Å². The van der Waals surface area contributed by atoms with Gasteiger partial charge in [-0.15, -0.1) is 0 Å². The third-order valence-corrected chi connectivity index (χ3v) is 3.92. The maximum atomic E-state index is 12.6. The zero-order chi connectivity index (χ0) is 22.5. The summed E-state index contributed by atoms with van der Waals surface area (Å²) in [6.07, 6.45) is -4.31. The van der Waals surface area contributed by atoms with Crippen molar-refractivity contribution in [2.24, 2.45) is 0 Å². The number of hydrogen-bond acceptors (Lipinski definition) is 5. The Morgan fingerprint density at radius 2 is 1.80 bits per heavy atom. The van der Waals surface area contributed by atoms with Gasteiger partial charge < -0.3 is 14.8 Å². The first-order valence-corrected chi connectivity index (χ1v) is 8.28. The van der Waals surface area contributed by atoms with Crippen LogP contribution in [-0.4, -0.2) is 31.1 Å². The molecule has 2 rings (SSSR count). The first-order chi connectivity index (χ1) is 14.0. The van der Waals surface area contributed by atoms with E-state index in [1.165, 1.54) is 12.1 Å². The average molecular weight is 434 g/mol. The molecule has 0 heterocycles. The van der Waals surface area contributed by atoms with Crippen LogP contribution < -0.4 is 14.8 Å². The van der Waals surface area contributed by atoms with Crippen molar-refractivity contribution in [2.75, 3.05) is 13.7 Å². The first-order valence-electron chi connectivity index (χ1n) is 8.28. The van der Waals surface area contributed by atoms with Crippen molar-refractivity contribution in [1.29, 1.82) is 0 Å². The number of rotatable bonds is 8. The fourth-order valence-corrected chi connectivity index (χ4v) is 2.51. The standard InChI is InChI=1S/C18H15F5N2O5/c1-29-14-8-12(13(25(27)28)9-15(14)30-17(19)20)16(26)24-7-6-10-2-4-11(5-3-10)18(21,22)23/h2-5,8-9,17H,6-7H2,1H3,(H,24,26). The molecule has 2 aromatic carbocycles. The fourth-order valence-electron chi connectivity index (χ4n) is 2.51. The molecular formula is C18H15F5N2O5. The number of benzene rings is 2. The van der Waals surface area contributed by atoms with Gasteiger partial charge in [-0.1, -0.05) is 12.1 Å². The summed E-state index contributed by atoms with van der Waals surface area (Å²) in [5.74, 6) is -1.81. The highest BCUT2D eigenvalue weighted by atomic mass is 19.4. The van der Waals surface area contributed by atoms with E-state index in [1.807, 2.05) is 0 Å². The largest absolute Gasteiger partial charge is 0.493 e. The minimum Gasteiger partial charge on any atom is -0.493 e. The minimum absolute atomic E-state index is 0.0427. The molecule has 0 radical (unpaired) electrons. The Balaban J connectivity index is 2.13. The maximum Gasteiger partial charge on any atom is 0.416 e. The van der Waals surface area contributed by atoms with E-state index in [9.17, 15) is 36.9 Å². The number of nitrogens with one attached hydrogen (secondary N) is 1. The predicted molar refractivity (Wildman–Crippen MR) is 93.8 cm³/mol. The number of nitro benzene ring substituents is 1. The van der Waals surface area contributed by atoms with E-state index in [1.54, 1.807) is 0 Å². The summed E-state index contributed by atoms with van der Waals surface area (Å²) >= 11 is 0. The van der Waals surface area contributed by atoms with Crippen LogP contribution in [0.5, 0.6) is 11.5 Å². The fraction of sp³-hybridized carbons (Fsp3) is 0.278. The summed E-state index contributed by atoms with van der Waals surface area (Å²) in [6.45, 7) is -3.30. The topological polar surface area (TPSA) is 90.7 Å². The normalized spacial score (nSPS) is 11.3. The van der Waals surface area contributed by atoms with Crippen molar-refractivity contribution in [3.63, 3.8) is 0 Å². The molecule has 0 aromatic heterocycles. The average Bonchev–Trinajstić information content (AvgIpc) is 2.66. The van der Waals surface area contributed by atoms with Gasteiger partial charge in [0.15, 0.2) is 11.5 Å². The van der Waals surface area contributed by atoms with Crippen molar-refractivity contribution in [3.8, 4) is 11.5 Å². The quantitative estimate of drug-likeness (QED) is 0.382. The highest BCUT2D eigenvalue weighted by Crippen LogP contribution is 2.35. The van der Waals surface area contributed by atoms with E-state index in [0.29, 0.717) is 11.6 Å². The van der Waals surface area contributed by atoms with Crippen LogP contribution in [0.15, 0.2) is 36.4 Å². The lowest BCUT2D eigenvalue weighted by atomic mass is 10.1. The van der Waals surface area contributed by atoms with Crippen LogP contribution in [0.4, 0.5) is 27.6 Å². The molecule has 30 heavy (non-hydrogen) atoms. The van der Waals surface area contributed by atoms with E-state index < -0.39 is 46.2 Å². The Hall–Kier alpha value is -3.44. The van der Waals surface area contributed by atoms with Gasteiger partial charge in [0.1, 0.15) is 5.56 Å². The number of carbonyl (C=O) groups excluding carboxylic acids is 1. The molecular weight excluding hydrogens is 419 g/mol. The third-order valence-electron chi connectivity index (χ3n) is 3.92. The van der Waals surface area contributed by atoms with Crippen molar-refractivity contribution in [3.05, 3.63) is 63.2 Å². The second-order valence-corrected chi connectivity index (χ2v) is 5.86. The van der Waals surface area contributed by atoms with Gasteiger partial charge in [0.2, 0.25) is 0 Å². The highest BCUT2D eigenvalue weighted by molar-refractivity contribution is 5.99. The Morgan fingerprint density at radius 3 is 2.30 bits per heavy atom. The number of nitrogens with zero attached hydrogens (tertiary/aromatic N) is 1. The summed E-state index contributed by atoms with van der Waals surface area (Å²) in [7, 11) is 1.10. The molecule has 0 spiro atoms. The van der Waals surface area contributed by atoms with Gasteiger partial charge in [-0.3, -0.25) is 14.9 Å². The second-order valence-electron chi connectivity index (χ2n) is 5.86. The van der Waals surface area contributed by atoms with Gasteiger partial charge in [-0.2, -0.15) is 22.0 Å². The summed E-state index contributed by atoms with van der Waals surface area (Å²) in [4.78, 5) is 22.6. The molecule has 0 saturated carbocycles. The number of nitro groups is 1. The van der Waals surface area contributed by atoms with Crippen LogP contribution in [-0.2, 0) is 12.6 Å². The molecule has 162 valence electrons. The van der Waals surface area contributed by atoms with Crippen LogP contribution in [0, 0.1) is 10.1 Å². The van der Waals surface area contributed by atoms with Crippen LogP contribution in [0.3, 0.4) is 0 Å². The predicted octanol–water partition coefficient (Wildman–Crippen LogP) is 4.20. The molecule has 7 nitrogen and oxygen atoms in total. The van der Waals surface area contributed by atoms with Crippen molar-refractivity contribution >= 4 is 11.6 Å². The lowest BCUT2D eigenvalue weighted by molar-refractivity contribution is -0.385. The number of carbonyl (C=O) groups is 1. The SMILES string of the molecule is COc1cc(C(=O)NCCc2ccc(C(F)(F)F)cc2)c([N+](=O)[O-])cc1OC(F)F. The molecule has 1 amide bonds. The molecule has 0 unspecified atom stereocenters. The van der Waals surface area contributed by atoms with Gasteiger partial charge in [0.25, 0.3) is 11.6 Å². The zero-order valence-corrected chi connectivity index (χ0v) is 15.3. The molecule has 0 aliphatic carbocycles. The van der Waals surface area contributed by atoms with Crippen molar-refractivity contribution in [1.82, 2.24) is 5.32 Å². The number of alkyl halides is 5. The Labute approximate surface area is 166 Å². The molecule has 12 heteroatoms. The summed E-state index contributed by atoms with van der Waals surface area (Å²) in [5.41, 5.74) is -1.55. The van der Waals surface area contributed by atoms with Crippen LogP contribution >= 0.6 is 0 Å². The van der Waals surface area contributed by atoms with E-state index >= 15 is 0 Å². The molecule has 0 atom stereocenters. The Morgan fingerprint density at radius 1 is 1.17 bits per heavy atom. The molecule has 0 bridgehead atoms. The van der Waals surface area contributed by atoms with Crippen LogP contribution in [0.2, 0.25) is 0 Å². The lowest BCUT2D eigenvalue weighted by Crippen LogP contribution is -2.26. The maximum absolute atomic E-state index is 12.6. The van der Waals surface area contributed by atoms with Crippen molar-refractivity contribution < 1.29 is 41.1 Å². The first kappa shape index (κ1) is 22.8. The van der Waals surface area contributed by atoms with Gasteiger partial charge in [0, 0.05) is 12.6 Å². The number of halogens is 5. The van der Waals surface area contributed by atoms with E-state index in [4.69, 9.17) is 4.74 Å². The second kappa shape index (κ2) is 9.37. The van der Waals surface area contributed by atoms with Gasteiger partial charge >= 0.3 is 12.8 Å². The number of hydrogen-bond donors (Lipinski definition) is 1. The Kier molecular flexibility index (Phi) is 7.14. The monoisotopic (exact) mass is 434 g/mol. The molecule has 1 N–H and O–H groups in total. The number of methoxy groups -OCH3 is 1. The van der Waals surface area contributed by atoms with E-state index in [-0.39, 0.29) is 18.7 Å². The van der Waals surface area contributed by atoms with Gasteiger partial charge in [-0.25, -0.2) is 0 Å². The summed E-state index contributed by atoms with van der Waals surface area (Å²) in [5, 5.41) is 13.6. The highest BCUT2D eigenvalue weighted by Gasteiger charge is 2.30. The van der Waals surface area contributed by atoms with E-state index in [0.717, 1.165) is 25.3 Å². The minimum atomic E-state index is -4.47. The molecule has 0 aliphatic rings. The summed E-state index contributed by atoms with van der Waals surface area (Å²) < 4.78 is 71.6. The Bertz CT molecular complexity index is 916. The van der Waals surface area contributed by atoms with Gasteiger partial charge in [-0.05, 0) is 24.1 Å². The van der Waals surface area contributed by atoms with Crippen LogP contribution in [0.25, 0.3) is 0 Å². The molecule has 2 aromatic rings. The third kappa shape index (κ3) is 5.78. The lowest BCUT2D eigenvalue weighted by Gasteiger charge is -2.12. The molecule has 0 fully saturated rings. The number of ether oxygens (including phenoxy) is 2.